The van der Waals surface area contributed by atoms with Gasteiger partial charge in [-0.05, 0) is 38.1 Å². The SMILES string of the molecule is Cc1ccc(C(=O)N2CCN(c3cccn3-c3cc(C)[nH]n3)CC2)cn1. The van der Waals surface area contributed by atoms with E-state index < -0.39 is 0 Å². The molecule has 1 saturated heterocycles. The van der Waals surface area contributed by atoms with E-state index in [1.54, 1.807) is 6.20 Å². The molecular weight excluding hydrogens is 328 g/mol. The lowest BCUT2D eigenvalue weighted by molar-refractivity contribution is 0.0746. The number of nitrogens with one attached hydrogen (secondary N) is 1. The molecule has 0 unspecified atom stereocenters. The largest absolute Gasteiger partial charge is 0.354 e. The van der Waals surface area contributed by atoms with Crippen molar-refractivity contribution < 1.29 is 4.79 Å². The number of aromatic nitrogens is 4. The Kier molecular flexibility index (Phi) is 4.20. The zero-order valence-corrected chi connectivity index (χ0v) is 15.0. The topological polar surface area (TPSA) is 70.1 Å². The molecule has 1 N–H and O–H groups in total. The first kappa shape index (κ1) is 16.4. The molecule has 4 heterocycles. The van der Waals surface area contributed by atoms with Crippen molar-refractivity contribution in [3.63, 3.8) is 0 Å². The Morgan fingerprint density at radius 3 is 2.58 bits per heavy atom. The van der Waals surface area contributed by atoms with Crippen molar-refractivity contribution in [1.29, 1.82) is 0 Å². The molecule has 0 radical (unpaired) electrons. The monoisotopic (exact) mass is 350 g/mol. The lowest BCUT2D eigenvalue weighted by atomic mass is 10.2. The van der Waals surface area contributed by atoms with Gasteiger partial charge in [0.05, 0.1) is 5.56 Å². The maximum absolute atomic E-state index is 12.6. The highest BCUT2D eigenvalue weighted by Crippen LogP contribution is 2.22. The van der Waals surface area contributed by atoms with Crippen LogP contribution >= 0.6 is 0 Å². The fourth-order valence-electron chi connectivity index (χ4n) is 3.27. The van der Waals surface area contributed by atoms with Gasteiger partial charge < -0.3 is 9.80 Å². The molecule has 7 nitrogen and oxygen atoms in total. The van der Waals surface area contributed by atoms with Gasteiger partial charge in [-0.2, -0.15) is 5.10 Å². The fraction of sp³-hybridized carbons (Fsp3) is 0.316. The summed E-state index contributed by atoms with van der Waals surface area (Å²) in [6.07, 6.45) is 3.68. The van der Waals surface area contributed by atoms with Crippen molar-refractivity contribution in [2.45, 2.75) is 13.8 Å². The summed E-state index contributed by atoms with van der Waals surface area (Å²) in [5.74, 6) is 2.03. The molecule has 0 saturated carbocycles. The van der Waals surface area contributed by atoms with E-state index in [0.29, 0.717) is 18.7 Å². The van der Waals surface area contributed by atoms with E-state index in [2.05, 4.69) is 30.7 Å². The molecule has 3 aromatic heterocycles. The van der Waals surface area contributed by atoms with Gasteiger partial charge >= 0.3 is 0 Å². The van der Waals surface area contributed by atoms with Crippen LogP contribution < -0.4 is 4.90 Å². The minimum atomic E-state index is 0.0514. The summed E-state index contributed by atoms with van der Waals surface area (Å²) in [5.41, 5.74) is 2.60. The summed E-state index contributed by atoms with van der Waals surface area (Å²) < 4.78 is 2.07. The van der Waals surface area contributed by atoms with Crippen LogP contribution in [0.1, 0.15) is 21.7 Å². The third-order valence-electron chi connectivity index (χ3n) is 4.72. The van der Waals surface area contributed by atoms with E-state index in [0.717, 1.165) is 36.1 Å². The first-order valence-electron chi connectivity index (χ1n) is 8.78. The van der Waals surface area contributed by atoms with Gasteiger partial charge in [0, 0.05) is 56.0 Å². The van der Waals surface area contributed by atoms with Crippen LogP contribution in [0, 0.1) is 13.8 Å². The Hall–Kier alpha value is -3.09. The Balaban J connectivity index is 1.45. The number of anilines is 1. The summed E-state index contributed by atoms with van der Waals surface area (Å²) in [5, 5.41) is 7.33. The Bertz CT molecular complexity index is 902. The highest BCUT2D eigenvalue weighted by Gasteiger charge is 2.24. The van der Waals surface area contributed by atoms with E-state index in [1.165, 1.54) is 0 Å². The summed E-state index contributed by atoms with van der Waals surface area (Å²) in [7, 11) is 0. The number of piperazine rings is 1. The summed E-state index contributed by atoms with van der Waals surface area (Å²) >= 11 is 0. The minimum Gasteiger partial charge on any atom is -0.354 e. The van der Waals surface area contributed by atoms with Gasteiger partial charge in [0.1, 0.15) is 5.82 Å². The molecule has 7 heteroatoms. The zero-order chi connectivity index (χ0) is 18.1. The summed E-state index contributed by atoms with van der Waals surface area (Å²) in [6.45, 7) is 6.87. The molecule has 3 aromatic rings. The highest BCUT2D eigenvalue weighted by atomic mass is 16.2. The summed E-state index contributed by atoms with van der Waals surface area (Å²) in [6, 6.07) is 9.86. The lowest BCUT2D eigenvalue weighted by Crippen LogP contribution is -2.49. The smallest absolute Gasteiger partial charge is 0.255 e. The molecule has 1 aliphatic rings. The number of amides is 1. The van der Waals surface area contributed by atoms with Crippen molar-refractivity contribution >= 4 is 11.7 Å². The van der Waals surface area contributed by atoms with Crippen LogP contribution in [0.2, 0.25) is 0 Å². The van der Waals surface area contributed by atoms with Crippen LogP contribution in [0.15, 0.2) is 42.7 Å². The lowest BCUT2D eigenvalue weighted by Gasteiger charge is -2.36. The van der Waals surface area contributed by atoms with Gasteiger partial charge in [-0.3, -0.25) is 19.4 Å². The number of hydrogen-bond donors (Lipinski definition) is 1. The van der Waals surface area contributed by atoms with Crippen molar-refractivity contribution in [2.75, 3.05) is 31.1 Å². The van der Waals surface area contributed by atoms with Crippen molar-refractivity contribution in [1.82, 2.24) is 24.6 Å². The number of carbonyl (C=O) groups excluding carboxylic acids is 1. The number of carbonyl (C=O) groups is 1. The molecule has 26 heavy (non-hydrogen) atoms. The summed E-state index contributed by atoms with van der Waals surface area (Å²) in [4.78, 5) is 21.1. The maximum atomic E-state index is 12.6. The van der Waals surface area contributed by atoms with Gasteiger partial charge in [0.2, 0.25) is 0 Å². The average Bonchev–Trinajstić information content (AvgIpc) is 3.30. The van der Waals surface area contributed by atoms with Crippen LogP contribution in [0.25, 0.3) is 5.82 Å². The second-order valence-electron chi connectivity index (χ2n) is 6.61. The molecule has 1 aliphatic heterocycles. The second kappa shape index (κ2) is 6.67. The molecule has 1 fully saturated rings. The molecule has 134 valence electrons. The normalized spacial score (nSPS) is 14.7. The molecular formula is C19H22N6O. The second-order valence-corrected chi connectivity index (χ2v) is 6.61. The number of pyridine rings is 1. The van der Waals surface area contributed by atoms with Crippen LogP contribution in [0.4, 0.5) is 5.82 Å². The van der Waals surface area contributed by atoms with Gasteiger partial charge in [0.15, 0.2) is 5.82 Å². The van der Waals surface area contributed by atoms with Crippen LogP contribution in [-0.4, -0.2) is 56.7 Å². The quantitative estimate of drug-likeness (QED) is 0.786. The van der Waals surface area contributed by atoms with E-state index >= 15 is 0 Å². The van der Waals surface area contributed by atoms with Gasteiger partial charge in [-0.1, -0.05) is 0 Å². The highest BCUT2D eigenvalue weighted by molar-refractivity contribution is 5.94. The number of aryl methyl sites for hydroxylation is 2. The number of nitrogens with zero attached hydrogens (tertiary/aromatic N) is 5. The predicted molar refractivity (Wildman–Crippen MR) is 99.7 cm³/mol. The Morgan fingerprint density at radius 1 is 1.12 bits per heavy atom. The molecule has 0 bridgehead atoms. The predicted octanol–water partition coefficient (Wildman–Crippen LogP) is 2.17. The van der Waals surface area contributed by atoms with Crippen molar-refractivity contribution in [3.8, 4) is 5.82 Å². The van der Waals surface area contributed by atoms with Gasteiger partial charge in [-0.25, -0.2) is 0 Å². The third kappa shape index (κ3) is 3.08. The van der Waals surface area contributed by atoms with Crippen LogP contribution in [0.3, 0.4) is 0 Å². The molecule has 0 aliphatic carbocycles. The van der Waals surface area contributed by atoms with Gasteiger partial charge in [0.25, 0.3) is 5.91 Å². The maximum Gasteiger partial charge on any atom is 0.255 e. The Labute approximate surface area is 152 Å². The molecule has 0 aromatic carbocycles. The first-order chi connectivity index (χ1) is 12.6. The number of hydrogen-bond acceptors (Lipinski definition) is 4. The third-order valence-corrected chi connectivity index (χ3v) is 4.72. The van der Waals surface area contributed by atoms with Crippen LogP contribution in [-0.2, 0) is 0 Å². The van der Waals surface area contributed by atoms with E-state index in [1.807, 2.05) is 49.2 Å². The molecule has 0 spiro atoms. The van der Waals surface area contributed by atoms with E-state index in [9.17, 15) is 4.79 Å². The van der Waals surface area contributed by atoms with E-state index in [-0.39, 0.29) is 5.91 Å². The first-order valence-corrected chi connectivity index (χ1v) is 8.78. The number of H-pyrrole nitrogens is 1. The zero-order valence-electron chi connectivity index (χ0n) is 15.0. The number of aromatic amines is 1. The molecule has 4 rings (SSSR count). The van der Waals surface area contributed by atoms with Crippen LogP contribution in [0.5, 0.6) is 0 Å². The standard InChI is InChI=1S/C19H22N6O/c1-14-5-6-16(13-20-14)19(26)24-10-8-23(9-11-24)18-4-3-7-25(18)17-12-15(2)21-22-17/h3-7,12-13H,8-11H2,1-2H3,(H,21,22). The Morgan fingerprint density at radius 2 is 1.92 bits per heavy atom. The minimum absolute atomic E-state index is 0.0514. The number of rotatable bonds is 3. The fourth-order valence-corrected chi connectivity index (χ4v) is 3.27. The molecule has 1 amide bonds. The van der Waals surface area contributed by atoms with Crippen molar-refractivity contribution in [3.05, 3.63) is 59.7 Å². The average molecular weight is 350 g/mol. The van der Waals surface area contributed by atoms with E-state index in [4.69, 9.17) is 0 Å². The molecule has 0 atom stereocenters. The van der Waals surface area contributed by atoms with Gasteiger partial charge in [-0.15, -0.1) is 0 Å². The van der Waals surface area contributed by atoms with Crippen molar-refractivity contribution in [2.24, 2.45) is 0 Å².